The van der Waals surface area contributed by atoms with Crippen LogP contribution in [0, 0.1) is 0 Å². The molecule has 2 saturated heterocycles. The molecule has 1 aromatic carbocycles. The second-order valence-electron chi connectivity index (χ2n) is 7.13. The summed E-state index contributed by atoms with van der Waals surface area (Å²) >= 11 is 0. The fourth-order valence-electron chi connectivity index (χ4n) is 3.66. The smallest absolute Gasteiger partial charge is 0.315 e. The molecule has 27 heavy (non-hydrogen) atoms. The Morgan fingerprint density at radius 3 is 2.52 bits per heavy atom. The van der Waals surface area contributed by atoms with Crippen molar-refractivity contribution < 1.29 is 22.7 Å². The molecule has 8 nitrogen and oxygen atoms in total. The van der Waals surface area contributed by atoms with Crippen molar-refractivity contribution in [1.82, 2.24) is 15.5 Å². The van der Waals surface area contributed by atoms with Crippen LogP contribution in [-0.4, -0.2) is 68.1 Å². The number of carbonyl (C=O) groups is 2. The summed E-state index contributed by atoms with van der Waals surface area (Å²) in [7, 11) is -1.79. The molecule has 0 aliphatic carbocycles. The average molecular weight is 395 g/mol. The Morgan fingerprint density at radius 1 is 1.19 bits per heavy atom. The van der Waals surface area contributed by atoms with Crippen LogP contribution in [-0.2, 0) is 25.9 Å². The SMILES string of the molecule is COC1CS(=O)(=O)CC1NC(=O)NC1CC(=O)N(Cc2ccccc2)C1C. The lowest BCUT2D eigenvalue weighted by Gasteiger charge is -2.26. The molecule has 0 saturated carbocycles. The first kappa shape index (κ1) is 19.6. The molecule has 9 heteroatoms. The van der Waals surface area contributed by atoms with Crippen molar-refractivity contribution in [2.75, 3.05) is 18.6 Å². The standard InChI is InChI=1S/C18H25N3O5S/c1-12-14(8-17(22)21(12)9-13-6-4-3-5-7-13)19-18(23)20-15-10-27(24,25)11-16(15)26-2/h3-7,12,14-16H,8-11H2,1-2H3,(H2,19,20,23). The van der Waals surface area contributed by atoms with Crippen molar-refractivity contribution in [3.8, 4) is 0 Å². The van der Waals surface area contributed by atoms with Crippen LogP contribution in [0.3, 0.4) is 0 Å². The first-order chi connectivity index (χ1) is 12.8. The number of hydrogen-bond acceptors (Lipinski definition) is 5. The number of rotatable bonds is 5. The second kappa shape index (κ2) is 7.85. The highest BCUT2D eigenvalue weighted by Gasteiger charge is 2.41. The van der Waals surface area contributed by atoms with E-state index in [1.165, 1.54) is 7.11 Å². The average Bonchev–Trinajstić information content (AvgIpc) is 3.05. The first-order valence-electron chi connectivity index (χ1n) is 8.92. The molecule has 2 fully saturated rings. The number of amides is 3. The Morgan fingerprint density at radius 2 is 1.85 bits per heavy atom. The quantitative estimate of drug-likeness (QED) is 0.746. The number of methoxy groups -OCH3 is 1. The van der Waals surface area contributed by atoms with Crippen molar-refractivity contribution in [2.45, 2.75) is 44.1 Å². The van der Waals surface area contributed by atoms with Gasteiger partial charge in [0.2, 0.25) is 5.91 Å². The minimum atomic E-state index is -3.22. The van der Waals surface area contributed by atoms with Crippen molar-refractivity contribution in [3.05, 3.63) is 35.9 Å². The maximum absolute atomic E-state index is 12.4. The molecule has 2 aliphatic rings. The monoisotopic (exact) mass is 395 g/mol. The van der Waals surface area contributed by atoms with Gasteiger partial charge in [0.15, 0.2) is 9.84 Å². The normalized spacial score (nSPS) is 29.7. The molecule has 1 aromatic rings. The van der Waals surface area contributed by atoms with Crippen molar-refractivity contribution >= 4 is 21.8 Å². The van der Waals surface area contributed by atoms with E-state index in [1.807, 2.05) is 37.3 Å². The van der Waals surface area contributed by atoms with Crippen LogP contribution >= 0.6 is 0 Å². The topological polar surface area (TPSA) is 105 Å². The van der Waals surface area contributed by atoms with Gasteiger partial charge in [-0.25, -0.2) is 13.2 Å². The number of ether oxygens (including phenoxy) is 1. The van der Waals surface area contributed by atoms with E-state index in [9.17, 15) is 18.0 Å². The molecular formula is C18H25N3O5S. The molecular weight excluding hydrogens is 370 g/mol. The predicted molar refractivity (Wildman–Crippen MR) is 99.8 cm³/mol. The maximum Gasteiger partial charge on any atom is 0.315 e. The molecule has 0 radical (unpaired) electrons. The number of sulfone groups is 1. The number of nitrogens with zero attached hydrogens (tertiary/aromatic N) is 1. The highest BCUT2D eigenvalue weighted by atomic mass is 32.2. The number of nitrogens with one attached hydrogen (secondary N) is 2. The van der Waals surface area contributed by atoms with Gasteiger partial charge in [-0.2, -0.15) is 0 Å². The van der Waals surface area contributed by atoms with Gasteiger partial charge in [-0.3, -0.25) is 4.79 Å². The molecule has 0 bridgehead atoms. The molecule has 4 atom stereocenters. The van der Waals surface area contributed by atoms with E-state index >= 15 is 0 Å². The van der Waals surface area contributed by atoms with E-state index in [4.69, 9.17) is 4.74 Å². The molecule has 2 aliphatic heterocycles. The number of benzene rings is 1. The third-order valence-electron chi connectivity index (χ3n) is 5.22. The zero-order chi connectivity index (χ0) is 19.6. The molecule has 148 valence electrons. The van der Waals surface area contributed by atoms with Crippen LogP contribution in [0.2, 0.25) is 0 Å². The molecule has 3 rings (SSSR count). The number of urea groups is 1. The van der Waals surface area contributed by atoms with Crippen LogP contribution in [0.25, 0.3) is 0 Å². The Bertz CT molecular complexity index is 798. The summed E-state index contributed by atoms with van der Waals surface area (Å²) < 4.78 is 28.7. The van der Waals surface area contributed by atoms with Crippen LogP contribution in [0.4, 0.5) is 4.79 Å². The van der Waals surface area contributed by atoms with Gasteiger partial charge in [0, 0.05) is 20.1 Å². The summed E-state index contributed by atoms with van der Waals surface area (Å²) in [6.07, 6.45) is -0.337. The van der Waals surface area contributed by atoms with Gasteiger partial charge in [0.05, 0.1) is 35.7 Å². The lowest BCUT2D eigenvalue weighted by molar-refractivity contribution is -0.129. The highest BCUT2D eigenvalue weighted by molar-refractivity contribution is 7.91. The van der Waals surface area contributed by atoms with Gasteiger partial charge in [0.1, 0.15) is 0 Å². The van der Waals surface area contributed by atoms with Crippen molar-refractivity contribution in [1.29, 1.82) is 0 Å². The lowest BCUT2D eigenvalue weighted by atomic mass is 10.1. The zero-order valence-electron chi connectivity index (χ0n) is 15.4. The highest BCUT2D eigenvalue weighted by Crippen LogP contribution is 2.22. The molecule has 0 spiro atoms. The summed E-state index contributed by atoms with van der Waals surface area (Å²) in [6.45, 7) is 2.39. The van der Waals surface area contributed by atoms with Gasteiger partial charge >= 0.3 is 6.03 Å². The van der Waals surface area contributed by atoms with Crippen LogP contribution in [0.5, 0.6) is 0 Å². The second-order valence-corrected chi connectivity index (χ2v) is 9.29. The van der Waals surface area contributed by atoms with E-state index in [0.29, 0.717) is 6.54 Å². The summed E-state index contributed by atoms with van der Waals surface area (Å²) in [5.74, 6) is -0.259. The molecule has 4 unspecified atom stereocenters. The summed E-state index contributed by atoms with van der Waals surface area (Å²) in [4.78, 5) is 26.5. The Kier molecular flexibility index (Phi) is 5.71. The fourth-order valence-corrected chi connectivity index (χ4v) is 5.52. The minimum absolute atomic E-state index is 0.0186. The third kappa shape index (κ3) is 4.59. The summed E-state index contributed by atoms with van der Waals surface area (Å²) in [5, 5.41) is 5.49. The van der Waals surface area contributed by atoms with Gasteiger partial charge < -0.3 is 20.3 Å². The summed E-state index contributed by atoms with van der Waals surface area (Å²) in [5.41, 5.74) is 1.03. The van der Waals surface area contributed by atoms with Gasteiger partial charge in [-0.05, 0) is 12.5 Å². The Labute approximate surface area is 159 Å². The van der Waals surface area contributed by atoms with E-state index in [0.717, 1.165) is 5.56 Å². The predicted octanol–water partition coefficient (Wildman–Crippen LogP) is 0.287. The molecule has 3 amide bonds. The van der Waals surface area contributed by atoms with Crippen LogP contribution < -0.4 is 10.6 Å². The number of likely N-dealkylation sites (tertiary alicyclic amines) is 1. The zero-order valence-corrected chi connectivity index (χ0v) is 16.2. The molecule has 2 N–H and O–H groups in total. The third-order valence-corrected chi connectivity index (χ3v) is 6.92. The fraction of sp³-hybridized carbons (Fsp3) is 0.556. The Balaban J connectivity index is 1.57. The van der Waals surface area contributed by atoms with Crippen LogP contribution in [0.15, 0.2) is 30.3 Å². The lowest BCUT2D eigenvalue weighted by Crippen LogP contribution is -2.52. The van der Waals surface area contributed by atoms with Crippen molar-refractivity contribution in [3.63, 3.8) is 0 Å². The van der Waals surface area contributed by atoms with Crippen molar-refractivity contribution in [2.24, 2.45) is 0 Å². The molecule has 2 heterocycles. The number of hydrogen-bond donors (Lipinski definition) is 2. The summed E-state index contributed by atoms with van der Waals surface area (Å²) in [6, 6.07) is 8.12. The maximum atomic E-state index is 12.4. The first-order valence-corrected chi connectivity index (χ1v) is 10.7. The Hall–Kier alpha value is -2.13. The molecule has 0 aromatic heterocycles. The van der Waals surface area contributed by atoms with Gasteiger partial charge in [0.25, 0.3) is 0 Å². The van der Waals surface area contributed by atoms with E-state index < -0.39 is 28.0 Å². The number of carbonyl (C=O) groups excluding carboxylic acids is 2. The van der Waals surface area contributed by atoms with E-state index in [-0.39, 0.29) is 35.9 Å². The van der Waals surface area contributed by atoms with Crippen LogP contribution in [0.1, 0.15) is 18.9 Å². The van der Waals surface area contributed by atoms with E-state index in [2.05, 4.69) is 10.6 Å². The largest absolute Gasteiger partial charge is 0.378 e. The van der Waals surface area contributed by atoms with Gasteiger partial charge in [-0.1, -0.05) is 30.3 Å². The minimum Gasteiger partial charge on any atom is -0.378 e. The van der Waals surface area contributed by atoms with E-state index in [1.54, 1.807) is 4.90 Å². The van der Waals surface area contributed by atoms with Gasteiger partial charge in [-0.15, -0.1) is 0 Å².